The first kappa shape index (κ1) is 18.8. The lowest BCUT2D eigenvalue weighted by Gasteiger charge is -2.21. The van der Waals surface area contributed by atoms with Crippen LogP contribution >= 0.6 is 11.6 Å². The Labute approximate surface area is 132 Å². The summed E-state index contributed by atoms with van der Waals surface area (Å²) in [5.74, 6) is -0.520. The van der Waals surface area contributed by atoms with Crippen LogP contribution in [0.4, 0.5) is 0 Å². The minimum absolute atomic E-state index is 0.0321. The van der Waals surface area contributed by atoms with Crippen LogP contribution in [0, 0.1) is 0 Å². The molecule has 0 heterocycles. The van der Waals surface area contributed by atoms with Crippen molar-refractivity contribution in [1.29, 1.82) is 0 Å². The van der Waals surface area contributed by atoms with Gasteiger partial charge in [-0.1, -0.05) is 16.5 Å². The maximum absolute atomic E-state index is 12.3. The smallest absolute Gasteiger partial charge is 0.263 e. The molecule has 10 heteroatoms. The normalized spacial score (nSPS) is 11.5. The van der Waals surface area contributed by atoms with Crippen molar-refractivity contribution in [1.82, 2.24) is 9.79 Å². The average Bonchev–Trinajstić information content (AvgIpc) is 2.51. The molecule has 0 radical (unpaired) electrons. The second-order valence-electron chi connectivity index (χ2n) is 4.33. The Hall–Kier alpha value is -1.23. The average molecular weight is 353 g/mol. The van der Waals surface area contributed by atoms with Crippen molar-refractivity contribution < 1.29 is 28.6 Å². The molecule has 0 saturated carbocycles. The Balaban J connectivity index is 3.14. The summed E-state index contributed by atoms with van der Waals surface area (Å²) in [6.07, 6.45) is 0.322. The zero-order chi connectivity index (χ0) is 16.8. The van der Waals surface area contributed by atoms with E-state index in [1.165, 1.54) is 17.0 Å². The van der Waals surface area contributed by atoms with E-state index in [1.807, 2.05) is 0 Å². The van der Waals surface area contributed by atoms with Gasteiger partial charge in [0.2, 0.25) is 0 Å². The van der Waals surface area contributed by atoms with Gasteiger partial charge < -0.3 is 20.3 Å². The lowest BCUT2D eigenvalue weighted by atomic mass is 10.2. The highest BCUT2D eigenvalue weighted by Crippen LogP contribution is 2.23. The monoisotopic (exact) mass is 352 g/mol. The number of halogens is 1. The third-order valence-electron chi connectivity index (χ3n) is 2.83. The SMILES string of the molecule is O=C(c1ccc(Cl)c(S(=O)(=O)NO)c1)N(CCO)CCCO. The van der Waals surface area contributed by atoms with Gasteiger partial charge in [0.1, 0.15) is 4.90 Å². The van der Waals surface area contributed by atoms with Crippen LogP contribution in [0.3, 0.4) is 0 Å². The van der Waals surface area contributed by atoms with E-state index in [4.69, 9.17) is 27.0 Å². The Morgan fingerprint density at radius 3 is 2.45 bits per heavy atom. The van der Waals surface area contributed by atoms with Crippen LogP contribution in [-0.2, 0) is 10.0 Å². The molecule has 124 valence electrons. The van der Waals surface area contributed by atoms with Gasteiger partial charge in [-0.3, -0.25) is 4.79 Å². The predicted molar refractivity (Wildman–Crippen MR) is 78.3 cm³/mol. The summed E-state index contributed by atoms with van der Waals surface area (Å²) in [7, 11) is -4.23. The fourth-order valence-corrected chi connectivity index (χ4v) is 2.90. The summed E-state index contributed by atoms with van der Waals surface area (Å²) in [6.45, 7) is -0.140. The van der Waals surface area contributed by atoms with Crippen molar-refractivity contribution in [2.75, 3.05) is 26.3 Å². The first-order valence-corrected chi connectivity index (χ1v) is 8.20. The zero-order valence-corrected chi connectivity index (χ0v) is 13.1. The fourth-order valence-electron chi connectivity index (χ4n) is 1.77. The highest BCUT2D eigenvalue weighted by atomic mass is 35.5. The molecule has 1 aromatic rings. The van der Waals surface area contributed by atoms with Gasteiger partial charge in [0.15, 0.2) is 0 Å². The third-order valence-corrected chi connectivity index (χ3v) is 4.43. The Bertz CT molecular complexity index is 622. The largest absolute Gasteiger partial charge is 0.396 e. The molecule has 0 aliphatic rings. The molecule has 0 aliphatic carbocycles. The highest BCUT2D eigenvalue weighted by molar-refractivity contribution is 7.89. The van der Waals surface area contributed by atoms with Gasteiger partial charge in [-0.05, 0) is 24.6 Å². The maximum Gasteiger partial charge on any atom is 0.263 e. The number of amides is 1. The van der Waals surface area contributed by atoms with Gasteiger partial charge >= 0.3 is 0 Å². The number of sulfonamides is 1. The summed E-state index contributed by atoms with van der Waals surface area (Å²) < 4.78 is 23.2. The minimum Gasteiger partial charge on any atom is -0.396 e. The van der Waals surface area contributed by atoms with Crippen molar-refractivity contribution in [3.63, 3.8) is 0 Å². The molecule has 0 unspecified atom stereocenters. The van der Waals surface area contributed by atoms with Gasteiger partial charge in [-0.25, -0.2) is 8.42 Å². The van der Waals surface area contributed by atoms with E-state index in [1.54, 1.807) is 0 Å². The van der Waals surface area contributed by atoms with Crippen LogP contribution in [0.2, 0.25) is 5.02 Å². The van der Waals surface area contributed by atoms with E-state index in [0.717, 1.165) is 11.0 Å². The number of carbonyl (C=O) groups is 1. The number of aliphatic hydroxyl groups is 2. The number of nitrogens with zero attached hydrogens (tertiary/aromatic N) is 1. The first-order valence-electron chi connectivity index (χ1n) is 6.33. The van der Waals surface area contributed by atoms with E-state index in [2.05, 4.69) is 0 Å². The van der Waals surface area contributed by atoms with Crippen LogP contribution in [-0.4, -0.2) is 60.9 Å². The molecule has 0 fully saturated rings. The van der Waals surface area contributed by atoms with Crippen molar-refractivity contribution in [3.8, 4) is 0 Å². The summed E-state index contributed by atoms with van der Waals surface area (Å²) >= 11 is 5.76. The molecular weight excluding hydrogens is 336 g/mol. The summed E-state index contributed by atoms with van der Waals surface area (Å²) in [6, 6.07) is 3.60. The number of hydrogen-bond donors (Lipinski definition) is 4. The summed E-state index contributed by atoms with van der Waals surface area (Å²) in [5, 5.41) is 26.3. The highest BCUT2D eigenvalue weighted by Gasteiger charge is 2.21. The minimum atomic E-state index is -4.23. The number of nitrogens with one attached hydrogen (secondary N) is 1. The van der Waals surface area contributed by atoms with Crippen LogP contribution in [0.25, 0.3) is 0 Å². The van der Waals surface area contributed by atoms with E-state index >= 15 is 0 Å². The van der Waals surface area contributed by atoms with E-state index < -0.39 is 20.8 Å². The zero-order valence-electron chi connectivity index (χ0n) is 11.6. The number of hydrogen-bond acceptors (Lipinski definition) is 6. The van der Waals surface area contributed by atoms with Crippen molar-refractivity contribution in [3.05, 3.63) is 28.8 Å². The number of benzene rings is 1. The molecule has 0 atom stereocenters. The van der Waals surface area contributed by atoms with Crippen molar-refractivity contribution in [2.24, 2.45) is 0 Å². The molecule has 8 nitrogen and oxygen atoms in total. The Morgan fingerprint density at radius 1 is 1.23 bits per heavy atom. The molecule has 1 rings (SSSR count). The molecule has 1 amide bonds. The summed E-state index contributed by atoms with van der Waals surface area (Å²) in [4.78, 5) is 14.3. The van der Waals surface area contributed by atoms with Gasteiger partial charge in [-0.15, -0.1) is 0 Å². The van der Waals surface area contributed by atoms with E-state index in [-0.39, 0.29) is 36.9 Å². The Kier molecular flexibility index (Phi) is 7.20. The van der Waals surface area contributed by atoms with Gasteiger partial charge in [0, 0.05) is 25.3 Å². The lowest BCUT2D eigenvalue weighted by Crippen LogP contribution is -2.35. The number of carbonyl (C=O) groups excluding carboxylic acids is 1. The standard InChI is InChI=1S/C12H17ClN2O6S/c13-10-3-2-9(8-11(10)22(20,21)14-19)12(18)15(5-7-17)4-1-6-16/h2-3,8,14,16-17,19H,1,4-7H2. The fraction of sp³-hybridized carbons (Fsp3) is 0.417. The number of rotatable bonds is 8. The van der Waals surface area contributed by atoms with Crippen LogP contribution in [0.5, 0.6) is 0 Å². The van der Waals surface area contributed by atoms with Crippen LogP contribution in [0.15, 0.2) is 23.1 Å². The predicted octanol–water partition coefficient (Wildman–Crippen LogP) is -0.176. The van der Waals surface area contributed by atoms with Gasteiger partial charge in [0.05, 0.1) is 11.6 Å². The molecule has 4 N–H and O–H groups in total. The maximum atomic E-state index is 12.3. The second-order valence-corrected chi connectivity index (χ2v) is 6.37. The van der Waals surface area contributed by atoms with E-state index in [9.17, 15) is 13.2 Å². The molecule has 0 spiro atoms. The van der Waals surface area contributed by atoms with Crippen LogP contribution in [0.1, 0.15) is 16.8 Å². The quantitative estimate of drug-likeness (QED) is 0.481. The Morgan fingerprint density at radius 2 is 1.91 bits per heavy atom. The van der Waals surface area contributed by atoms with Gasteiger partial charge in [0.25, 0.3) is 15.9 Å². The molecular formula is C12H17ClN2O6S. The third kappa shape index (κ3) is 4.63. The lowest BCUT2D eigenvalue weighted by molar-refractivity contribution is 0.0710. The topological polar surface area (TPSA) is 127 Å². The number of aliphatic hydroxyl groups excluding tert-OH is 2. The van der Waals surface area contributed by atoms with Crippen LogP contribution < -0.4 is 4.89 Å². The molecule has 0 bridgehead atoms. The van der Waals surface area contributed by atoms with E-state index in [0.29, 0.717) is 6.42 Å². The molecule has 0 saturated heterocycles. The second kappa shape index (κ2) is 8.42. The van der Waals surface area contributed by atoms with Crippen molar-refractivity contribution >= 4 is 27.5 Å². The molecule has 0 aliphatic heterocycles. The van der Waals surface area contributed by atoms with Gasteiger partial charge in [-0.2, -0.15) is 0 Å². The molecule has 22 heavy (non-hydrogen) atoms. The summed E-state index contributed by atoms with van der Waals surface area (Å²) in [5.41, 5.74) is 0.0321. The first-order chi connectivity index (χ1) is 10.4. The molecule has 1 aromatic carbocycles. The van der Waals surface area contributed by atoms with Crippen molar-refractivity contribution in [2.45, 2.75) is 11.3 Å². The molecule has 0 aromatic heterocycles.